The van der Waals surface area contributed by atoms with Crippen molar-refractivity contribution in [3.63, 3.8) is 0 Å². The average Bonchev–Trinajstić information content (AvgIpc) is 2.68. The maximum atomic E-state index is 10.3. The molecule has 0 aliphatic rings. The third-order valence-corrected chi connectivity index (χ3v) is 4.68. The number of hydrogen-bond acceptors (Lipinski definition) is 2. The summed E-state index contributed by atoms with van der Waals surface area (Å²) in [6.45, 7) is 4.08. The number of aliphatic hydroxyl groups is 1. The van der Waals surface area contributed by atoms with Crippen molar-refractivity contribution in [1.29, 1.82) is 0 Å². The number of aryl methyl sites for hydroxylation is 2. The highest BCUT2D eigenvalue weighted by Gasteiger charge is 2.15. The summed E-state index contributed by atoms with van der Waals surface area (Å²) < 4.78 is 0.994. The van der Waals surface area contributed by atoms with E-state index in [1.807, 2.05) is 44.2 Å². The third kappa shape index (κ3) is 2.21. The molecule has 0 aliphatic carbocycles. The van der Waals surface area contributed by atoms with E-state index >= 15 is 0 Å². The van der Waals surface area contributed by atoms with Crippen LogP contribution in [0.15, 0.2) is 34.8 Å². The van der Waals surface area contributed by atoms with Gasteiger partial charge in [-0.3, -0.25) is 0 Å². The van der Waals surface area contributed by atoms with Gasteiger partial charge < -0.3 is 5.11 Å². The van der Waals surface area contributed by atoms with E-state index in [2.05, 4.69) is 15.9 Å². The molecule has 0 amide bonds. The van der Waals surface area contributed by atoms with E-state index in [1.165, 1.54) is 4.88 Å². The van der Waals surface area contributed by atoms with Gasteiger partial charge in [-0.1, -0.05) is 34.1 Å². The molecule has 1 nitrogen and oxygen atoms in total. The van der Waals surface area contributed by atoms with E-state index in [-0.39, 0.29) is 0 Å². The van der Waals surface area contributed by atoms with Crippen LogP contribution in [0.25, 0.3) is 0 Å². The summed E-state index contributed by atoms with van der Waals surface area (Å²) in [5, 5.41) is 10.3. The molecule has 1 heterocycles. The van der Waals surface area contributed by atoms with Gasteiger partial charge >= 0.3 is 0 Å². The first kappa shape index (κ1) is 11.8. The fourth-order valence-electron chi connectivity index (χ4n) is 1.63. The van der Waals surface area contributed by atoms with Gasteiger partial charge in [0.25, 0.3) is 0 Å². The number of halogens is 1. The largest absolute Gasteiger partial charge is 0.383 e. The summed E-state index contributed by atoms with van der Waals surface area (Å²) in [5.41, 5.74) is 2.08. The van der Waals surface area contributed by atoms with E-state index in [9.17, 15) is 5.11 Å². The quantitative estimate of drug-likeness (QED) is 0.880. The van der Waals surface area contributed by atoms with Crippen molar-refractivity contribution in [2.24, 2.45) is 0 Å². The van der Waals surface area contributed by atoms with Gasteiger partial charge in [0.2, 0.25) is 0 Å². The Balaban J connectivity index is 2.41. The van der Waals surface area contributed by atoms with Crippen molar-refractivity contribution in [3.8, 4) is 0 Å². The minimum absolute atomic E-state index is 0.534. The number of rotatable bonds is 2. The van der Waals surface area contributed by atoms with Crippen LogP contribution in [-0.2, 0) is 0 Å². The lowest BCUT2D eigenvalue weighted by Crippen LogP contribution is -1.99. The van der Waals surface area contributed by atoms with Crippen LogP contribution in [0.3, 0.4) is 0 Å². The molecule has 0 saturated heterocycles. The molecule has 0 saturated carbocycles. The van der Waals surface area contributed by atoms with Crippen LogP contribution in [0.2, 0.25) is 0 Å². The lowest BCUT2D eigenvalue weighted by Gasteiger charge is -2.12. The van der Waals surface area contributed by atoms with Gasteiger partial charge in [0, 0.05) is 19.8 Å². The fraction of sp³-hybridized carbons (Fsp3) is 0.231. The predicted molar refractivity (Wildman–Crippen MR) is 72.0 cm³/mol. The van der Waals surface area contributed by atoms with E-state index < -0.39 is 6.10 Å². The van der Waals surface area contributed by atoms with Crippen LogP contribution in [0, 0.1) is 13.8 Å². The molecule has 2 rings (SSSR count). The molecule has 2 aromatic rings. The molecule has 0 aliphatic heterocycles. The van der Waals surface area contributed by atoms with Gasteiger partial charge in [0.15, 0.2) is 0 Å². The topological polar surface area (TPSA) is 20.2 Å². The Morgan fingerprint density at radius 3 is 2.56 bits per heavy atom. The number of aliphatic hydroxyl groups excluding tert-OH is 1. The van der Waals surface area contributed by atoms with Gasteiger partial charge in [-0.25, -0.2) is 0 Å². The molecule has 0 fully saturated rings. The number of benzene rings is 1. The maximum absolute atomic E-state index is 10.3. The summed E-state index contributed by atoms with van der Waals surface area (Å²) in [6.07, 6.45) is -0.534. The Labute approximate surface area is 108 Å². The van der Waals surface area contributed by atoms with Crippen molar-refractivity contribution in [1.82, 2.24) is 0 Å². The van der Waals surface area contributed by atoms with E-state index in [4.69, 9.17) is 0 Å². The standard InChI is InChI=1S/C13H13BrOS/c1-8-4-3-5-10(12(8)14)13(15)11-7-6-9(2)16-11/h3-7,13,15H,1-2H3. The normalized spacial score (nSPS) is 12.8. The molecule has 1 atom stereocenters. The fourth-order valence-corrected chi connectivity index (χ4v) is 3.00. The lowest BCUT2D eigenvalue weighted by atomic mass is 10.1. The summed E-state index contributed by atoms with van der Waals surface area (Å²) in [5.74, 6) is 0. The van der Waals surface area contributed by atoms with Crippen molar-refractivity contribution >= 4 is 27.3 Å². The highest BCUT2D eigenvalue weighted by Crippen LogP contribution is 2.33. The highest BCUT2D eigenvalue weighted by molar-refractivity contribution is 9.10. The molecule has 0 spiro atoms. The molecular weight excluding hydrogens is 284 g/mol. The predicted octanol–water partition coefficient (Wildman–Crippen LogP) is 4.21. The maximum Gasteiger partial charge on any atom is 0.114 e. The number of hydrogen-bond donors (Lipinski definition) is 1. The van der Waals surface area contributed by atoms with E-state index in [1.54, 1.807) is 11.3 Å². The Morgan fingerprint density at radius 1 is 1.19 bits per heavy atom. The van der Waals surface area contributed by atoms with Crippen molar-refractivity contribution in [3.05, 3.63) is 55.7 Å². The molecule has 0 radical (unpaired) electrons. The molecule has 1 N–H and O–H groups in total. The summed E-state index contributed by atoms with van der Waals surface area (Å²) >= 11 is 5.16. The van der Waals surface area contributed by atoms with Gasteiger partial charge in [-0.15, -0.1) is 11.3 Å². The SMILES string of the molecule is Cc1ccc(C(O)c2cccc(C)c2Br)s1. The highest BCUT2D eigenvalue weighted by atomic mass is 79.9. The Bertz CT molecular complexity index is 504. The van der Waals surface area contributed by atoms with Crippen molar-refractivity contribution in [2.45, 2.75) is 20.0 Å². The molecular formula is C13H13BrOS. The zero-order chi connectivity index (χ0) is 11.7. The van der Waals surface area contributed by atoms with Crippen molar-refractivity contribution < 1.29 is 5.11 Å². The first-order chi connectivity index (χ1) is 7.59. The third-order valence-electron chi connectivity index (χ3n) is 2.55. The molecule has 1 aromatic carbocycles. The Morgan fingerprint density at radius 2 is 1.94 bits per heavy atom. The molecule has 3 heteroatoms. The van der Waals surface area contributed by atoms with Gasteiger partial charge in [-0.05, 0) is 31.5 Å². The van der Waals surface area contributed by atoms with Gasteiger partial charge in [0.05, 0.1) is 0 Å². The zero-order valence-electron chi connectivity index (χ0n) is 9.20. The Kier molecular flexibility index (Phi) is 3.47. The number of thiophene rings is 1. The minimum Gasteiger partial charge on any atom is -0.383 e. The monoisotopic (exact) mass is 296 g/mol. The first-order valence-corrected chi connectivity index (χ1v) is 6.70. The first-order valence-electron chi connectivity index (χ1n) is 5.09. The van der Waals surface area contributed by atoms with E-state index in [0.717, 1.165) is 20.5 Å². The van der Waals surface area contributed by atoms with Crippen LogP contribution in [0.1, 0.15) is 27.0 Å². The van der Waals surface area contributed by atoms with Crippen LogP contribution in [0.5, 0.6) is 0 Å². The van der Waals surface area contributed by atoms with Crippen LogP contribution in [-0.4, -0.2) is 5.11 Å². The summed E-state index contributed by atoms with van der Waals surface area (Å²) in [7, 11) is 0. The van der Waals surface area contributed by atoms with Gasteiger partial charge in [-0.2, -0.15) is 0 Å². The second-order valence-corrected chi connectivity index (χ2v) is 5.94. The Hall–Kier alpha value is -0.640. The van der Waals surface area contributed by atoms with Crippen LogP contribution < -0.4 is 0 Å². The van der Waals surface area contributed by atoms with E-state index in [0.29, 0.717) is 0 Å². The molecule has 1 aromatic heterocycles. The van der Waals surface area contributed by atoms with Crippen LogP contribution in [0.4, 0.5) is 0 Å². The minimum atomic E-state index is -0.534. The summed E-state index contributed by atoms with van der Waals surface area (Å²) in [6, 6.07) is 9.97. The van der Waals surface area contributed by atoms with Crippen LogP contribution >= 0.6 is 27.3 Å². The van der Waals surface area contributed by atoms with Crippen molar-refractivity contribution in [2.75, 3.05) is 0 Å². The van der Waals surface area contributed by atoms with Gasteiger partial charge in [0.1, 0.15) is 6.10 Å². The average molecular weight is 297 g/mol. The molecule has 84 valence electrons. The molecule has 0 bridgehead atoms. The smallest absolute Gasteiger partial charge is 0.114 e. The second kappa shape index (κ2) is 4.70. The zero-order valence-corrected chi connectivity index (χ0v) is 11.6. The molecule has 1 unspecified atom stereocenters. The molecule has 16 heavy (non-hydrogen) atoms. The summed E-state index contributed by atoms with van der Waals surface area (Å²) in [4.78, 5) is 2.21. The lowest BCUT2D eigenvalue weighted by molar-refractivity contribution is 0.223. The second-order valence-electron chi connectivity index (χ2n) is 3.83.